The highest BCUT2D eigenvalue weighted by molar-refractivity contribution is 5.93. The molecule has 124 valence electrons. The van der Waals surface area contributed by atoms with Crippen LogP contribution < -0.4 is 9.47 Å². The highest BCUT2D eigenvalue weighted by atomic mass is 16.5. The number of carbonyl (C=O) groups is 1. The number of aromatic nitrogens is 3. The minimum Gasteiger partial charge on any atom is -0.497 e. The summed E-state index contributed by atoms with van der Waals surface area (Å²) in [6, 6.07) is 5.23. The maximum atomic E-state index is 11.5. The maximum absolute atomic E-state index is 11.5. The fourth-order valence-corrected chi connectivity index (χ4v) is 2.22. The van der Waals surface area contributed by atoms with E-state index >= 15 is 0 Å². The Hall–Kier alpha value is -2.57. The number of nitrogens with zero attached hydrogens (tertiary/aromatic N) is 3. The molecule has 0 amide bonds. The average Bonchev–Trinajstić information content (AvgIpc) is 2.96. The second-order valence-corrected chi connectivity index (χ2v) is 5.60. The second kappa shape index (κ2) is 7.13. The first kappa shape index (κ1) is 16.8. The van der Waals surface area contributed by atoms with Gasteiger partial charge in [-0.3, -0.25) is 0 Å². The van der Waals surface area contributed by atoms with Gasteiger partial charge in [0.05, 0.1) is 14.2 Å². The Morgan fingerprint density at radius 3 is 2.30 bits per heavy atom. The lowest BCUT2D eigenvalue weighted by molar-refractivity contribution is 0.0691. The molecule has 0 spiro atoms. The molecule has 1 aromatic heterocycles. The van der Waals surface area contributed by atoms with Gasteiger partial charge in [0.1, 0.15) is 17.2 Å². The van der Waals surface area contributed by atoms with Crippen LogP contribution in [-0.2, 0) is 6.54 Å². The van der Waals surface area contributed by atoms with Crippen LogP contribution in [0.3, 0.4) is 0 Å². The van der Waals surface area contributed by atoms with Crippen molar-refractivity contribution in [2.75, 3.05) is 14.2 Å². The minimum absolute atomic E-state index is 0.0796. The molecule has 0 bridgehead atoms. The van der Waals surface area contributed by atoms with E-state index in [0.717, 1.165) is 6.42 Å². The van der Waals surface area contributed by atoms with Crippen LogP contribution in [0.15, 0.2) is 18.2 Å². The normalized spacial score (nSPS) is 10.8. The molecule has 0 aliphatic carbocycles. The molecule has 0 atom stereocenters. The average molecular weight is 319 g/mol. The van der Waals surface area contributed by atoms with Gasteiger partial charge in [-0.2, -0.15) is 0 Å². The molecule has 1 heterocycles. The number of ether oxygens (including phenoxy) is 2. The Bertz CT molecular complexity index is 672. The highest BCUT2D eigenvalue weighted by Gasteiger charge is 2.21. The summed E-state index contributed by atoms with van der Waals surface area (Å²) in [6.45, 7) is 4.79. The number of hydrogen-bond donors (Lipinski definition) is 1. The molecule has 2 aromatic rings. The van der Waals surface area contributed by atoms with E-state index in [0.29, 0.717) is 35.2 Å². The van der Waals surface area contributed by atoms with Crippen molar-refractivity contribution in [2.45, 2.75) is 26.8 Å². The fourth-order valence-electron chi connectivity index (χ4n) is 2.22. The summed E-state index contributed by atoms with van der Waals surface area (Å²) in [5.41, 5.74) is 1.02. The summed E-state index contributed by atoms with van der Waals surface area (Å²) in [5.74, 6) is 0.511. The zero-order valence-corrected chi connectivity index (χ0v) is 13.7. The molecule has 0 fully saturated rings. The smallest absolute Gasteiger partial charge is 0.358 e. The minimum atomic E-state index is -1.11. The number of carboxylic acids is 1. The number of benzene rings is 1. The van der Waals surface area contributed by atoms with Gasteiger partial charge in [-0.1, -0.05) is 19.1 Å². The number of aromatic carboxylic acids is 1. The van der Waals surface area contributed by atoms with Crippen LogP contribution in [0, 0.1) is 5.92 Å². The van der Waals surface area contributed by atoms with Crippen molar-refractivity contribution in [1.82, 2.24) is 15.0 Å². The van der Waals surface area contributed by atoms with Crippen molar-refractivity contribution < 1.29 is 19.4 Å². The van der Waals surface area contributed by atoms with Crippen LogP contribution in [-0.4, -0.2) is 40.3 Å². The van der Waals surface area contributed by atoms with Gasteiger partial charge in [0.2, 0.25) is 0 Å². The van der Waals surface area contributed by atoms with Crippen LogP contribution in [0.1, 0.15) is 30.8 Å². The van der Waals surface area contributed by atoms with Crippen LogP contribution in [0.25, 0.3) is 11.3 Å². The second-order valence-electron chi connectivity index (χ2n) is 5.60. The molecule has 7 heteroatoms. The van der Waals surface area contributed by atoms with E-state index in [1.54, 1.807) is 37.1 Å². The third-order valence-corrected chi connectivity index (χ3v) is 3.48. The molecule has 0 unspecified atom stereocenters. The molecule has 0 radical (unpaired) electrons. The Morgan fingerprint density at radius 1 is 1.22 bits per heavy atom. The van der Waals surface area contributed by atoms with Gasteiger partial charge in [-0.05, 0) is 24.5 Å². The van der Waals surface area contributed by atoms with Crippen LogP contribution in [0.5, 0.6) is 11.5 Å². The number of rotatable bonds is 7. The third kappa shape index (κ3) is 3.80. The van der Waals surface area contributed by atoms with Crippen molar-refractivity contribution in [3.05, 3.63) is 23.9 Å². The Kier molecular flexibility index (Phi) is 5.20. The summed E-state index contributed by atoms with van der Waals surface area (Å²) in [7, 11) is 3.09. The van der Waals surface area contributed by atoms with E-state index in [2.05, 4.69) is 24.2 Å². The van der Waals surface area contributed by atoms with Crippen molar-refractivity contribution >= 4 is 5.97 Å². The molecule has 0 aliphatic rings. The van der Waals surface area contributed by atoms with Crippen molar-refractivity contribution in [1.29, 1.82) is 0 Å². The Morgan fingerprint density at radius 2 is 1.83 bits per heavy atom. The lowest BCUT2D eigenvalue weighted by Crippen LogP contribution is -2.07. The topological polar surface area (TPSA) is 86.5 Å². The molecule has 2 rings (SSSR count). The quantitative estimate of drug-likeness (QED) is 0.844. The van der Waals surface area contributed by atoms with E-state index in [4.69, 9.17) is 9.47 Å². The summed E-state index contributed by atoms with van der Waals surface area (Å²) >= 11 is 0. The van der Waals surface area contributed by atoms with Gasteiger partial charge in [0.15, 0.2) is 5.69 Å². The van der Waals surface area contributed by atoms with Crippen molar-refractivity contribution in [2.24, 2.45) is 5.92 Å². The fraction of sp³-hybridized carbons (Fsp3) is 0.438. The van der Waals surface area contributed by atoms with E-state index in [-0.39, 0.29) is 5.69 Å². The molecule has 7 nitrogen and oxygen atoms in total. The van der Waals surface area contributed by atoms with Crippen molar-refractivity contribution in [3.8, 4) is 22.8 Å². The number of hydrogen-bond acceptors (Lipinski definition) is 5. The van der Waals surface area contributed by atoms with Crippen LogP contribution in [0.4, 0.5) is 0 Å². The predicted octanol–water partition coefficient (Wildman–Crippen LogP) is 2.71. The molecule has 1 N–H and O–H groups in total. The van der Waals surface area contributed by atoms with Gasteiger partial charge in [0.25, 0.3) is 0 Å². The maximum Gasteiger partial charge on any atom is 0.358 e. The molecule has 0 saturated heterocycles. The Labute approximate surface area is 134 Å². The first-order valence-corrected chi connectivity index (χ1v) is 7.36. The third-order valence-electron chi connectivity index (χ3n) is 3.48. The molecule has 1 aromatic carbocycles. The van der Waals surface area contributed by atoms with Gasteiger partial charge in [0, 0.05) is 18.2 Å². The lowest BCUT2D eigenvalue weighted by Gasteiger charge is -2.11. The summed E-state index contributed by atoms with van der Waals surface area (Å²) in [4.78, 5) is 11.5. The molecular formula is C16H21N3O4. The van der Waals surface area contributed by atoms with Gasteiger partial charge in [-0.25, -0.2) is 9.48 Å². The van der Waals surface area contributed by atoms with E-state index in [1.807, 2.05) is 0 Å². The predicted molar refractivity (Wildman–Crippen MR) is 85.0 cm³/mol. The van der Waals surface area contributed by atoms with Crippen LogP contribution >= 0.6 is 0 Å². The molecular weight excluding hydrogens is 298 g/mol. The highest BCUT2D eigenvalue weighted by Crippen LogP contribution is 2.31. The number of aryl methyl sites for hydroxylation is 1. The van der Waals surface area contributed by atoms with Gasteiger partial charge < -0.3 is 14.6 Å². The van der Waals surface area contributed by atoms with Crippen molar-refractivity contribution in [3.63, 3.8) is 0 Å². The van der Waals surface area contributed by atoms with Gasteiger partial charge >= 0.3 is 5.97 Å². The zero-order chi connectivity index (χ0) is 17.0. The van der Waals surface area contributed by atoms with E-state index in [9.17, 15) is 9.90 Å². The Balaban J connectivity index is 2.55. The number of carboxylic acid groups (broad SMARTS) is 1. The monoisotopic (exact) mass is 319 g/mol. The van der Waals surface area contributed by atoms with E-state index in [1.165, 1.54) is 0 Å². The molecule has 23 heavy (non-hydrogen) atoms. The molecule has 0 aliphatic heterocycles. The largest absolute Gasteiger partial charge is 0.497 e. The summed E-state index contributed by atoms with van der Waals surface area (Å²) in [6.07, 6.45) is 0.872. The lowest BCUT2D eigenvalue weighted by atomic mass is 10.1. The molecule has 0 saturated carbocycles. The van der Waals surface area contributed by atoms with Crippen LogP contribution in [0.2, 0.25) is 0 Å². The zero-order valence-electron chi connectivity index (χ0n) is 13.7. The first-order chi connectivity index (χ1) is 11.0. The number of methoxy groups -OCH3 is 2. The standard InChI is InChI=1S/C16H21N3O4/c1-10(2)5-6-19-15(14(16(20)21)17-18-19)11-7-12(22-3)9-13(8-11)23-4/h7-10H,5-6H2,1-4H3,(H,20,21). The first-order valence-electron chi connectivity index (χ1n) is 7.36. The summed E-state index contributed by atoms with van der Waals surface area (Å²) < 4.78 is 12.1. The van der Waals surface area contributed by atoms with E-state index < -0.39 is 5.97 Å². The summed E-state index contributed by atoms with van der Waals surface area (Å²) in [5, 5.41) is 17.2. The van der Waals surface area contributed by atoms with Gasteiger partial charge in [-0.15, -0.1) is 5.10 Å². The SMILES string of the molecule is COc1cc(OC)cc(-c2c(C(=O)O)nnn2CCC(C)C)c1.